The van der Waals surface area contributed by atoms with E-state index >= 15 is 0 Å². The molecule has 0 radical (unpaired) electrons. The number of nitrogens with one attached hydrogen (secondary N) is 2. The van der Waals surface area contributed by atoms with Gasteiger partial charge in [0.15, 0.2) is 16.7 Å². The lowest BCUT2D eigenvalue weighted by Gasteiger charge is -2.10. The van der Waals surface area contributed by atoms with Crippen molar-refractivity contribution < 1.29 is 13.2 Å². The van der Waals surface area contributed by atoms with Crippen molar-refractivity contribution in [1.29, 1.82) is 0 Å². The Morgan fingerprint density at radius 3 is 2.71 bits per heavy atom. The van der Waals surface area contributed by atoms with Gasteiger partial charge in [-0.25, -0.2) is 15.0 Å². The van der Waals surface area contributed by atoms with Crippen LogP contribution in [0.15, 0.2) is 11.7 Å². The van der Waals surface area contributed by atoms with Crippen molar-refractivity contribution in [3.05, 3.63) is 27.6 Å². The molecule has 2 aromatic rings. The number of aromatic nitrogens is 3. The zero-order valence-corrected chi connectivity index (χ0v) is 12.4. The lowest BCUT2D eigenvalue weighted by Crippen LogP contribution is -2.10. The number of alkyl halides is 3. The van der Waals surface area contributed by atoms with Crippen molar-refractivity contribution >= 4 is 34.4 Å². The molecule has 2 aromatic heterocycles. The van der Waals surface area contributed by atoms with Gasteiger partial charge in [-0.1, -0.05) is 11.6 Å². The number of hydrogen-bond donors (Lipinski definition) is 2. The molecule has 5 nitrogen and oxygen atoms in total. The van der Waals surface area contributed by atoms with Gasteiger partial charge in [0.2, 0.25) is 0 Å². The van der Waals surface area contributed by atoms with Crippen LogP contribution in [0.3, 0.4) is 0 Å². The van der Waals surface area contributed by atoms with E-state index in [9.17, 15) is 13.2 Å². The van der Waals surface area contributed by atoms with Gasteiger partial charge >= 0.3 is 6.18 Å². The van der Waals surface area contributed by atoms with Crippen molar-refractivity contribution in [3.8, 4) is 0 Å². The first kappa shape index (κ1) is 15.8. The molecule has 0 atom stereocenters. The van der Waals surface area contributed by atoms with Gasteiger partial charge in [-0.05, 0) is 0 Å². The summed E-state index contributed by atoms with van der Waals surface area (Å²) < 4.78 is 37.3. The van der Waals surface area contributed by atoms with E-state index in [0.717, 1.165) is 16.7 Å². The molecule has 0 unspecified atom stereocenters. The van der Waals surface area contributed by atoms with Crippen LogP contribution in [0.5, 0.6) is 0 Å². The third-order valence-corrected chi connectivity index (χ3v) is 3.72. The molecular formula is C11H11ClF3N5S. The maximum atomic E-state index is 12.4. The first-order chi connectivity index (χ1) is 9.91. The highest BCUT2D eigenvalue weighted by Gasteiger charge is 2.33. The molecule has 0 aromatic carbocycles. The summed E-state index contributed by atoms with van der Waals surface area (Å²) in [5, 5.41) is 7.52. The van der Waals surface area contributed by atoms with Crippen LogP contribution in [-0.2, 0) is 12.6 Å². The Labute approximate surface area is 127 Å². The number of nitrogens with zero attached hydrogens (tertiary/aromatic N) is 3. The Balaban J connectivity index is 1.96. The van der Waals surface area contributed by atoms with E-state index in [0.29, 0.717) is 29.5 Å². The van der Waals surface area contributed by atoms with Crippen LogP contribution in [-0.4, -0.2) is 28.5 Å². The van der Waals surface area contributed by atoms with Gasteiger partial charge in [-0.2, -0.15) is 13.2 Å². The predicted molar refractivity (Wildman–Crippen MR) is 75.9 cm³/mol. The normalized spacial score (nSPS) is 11.5. The average Bonchev–Trinajstić information content (AvgIpc) is 2.88. The SMILES string of the molecule is CNc1c(Cl)ncnc1NCCc1nc(C(F)(F)F)cs1. The second kappa shape index (κ2) is 6.44. The highest BCUT2D eigenvalue weighted by molar-refractivity contribution is 7.09. The fourth-order valence-electron chi connectivity index (χ4n) is 1.56. The highest BCUT2D eigenvalue weighted by atomic mass is 35.5. The fourth-order valence-corrected chi connectivity index (χ4v) is 2.60. The lowest BCUT2D eigenvalue weighted by molar-refractivity contribution is -0.140. The molecule has 0 aliphatic rings. The number of anilines is 2. The molecule has 10 heteroatoms. The Morgan fingerprint density at radius 2 is 2.10 bits per heavy atom. The zero-order valence-electron chi connectivity index (χ0n) is 10.8. The third-order valence-electron chi connectivity index (χ3n) is 2.52. The molecule has 0 saturated carbocycles. The zero-order chi connectivity index (χ0) is 15.5. The molecule has 21 heavy (non-hydrogen) atoms. The lowest BCUT2D eigenvalue weighted by atomic mass is 10.4. The Hall–Kier alpha value is -1.61. The van der Waals surface area contributed by atoms with Gasteiger partial charge in [0.05, 0.1) is 5.01 Å². The summed E-state index contributed by atoms with van der Waals surface area (Å²) in [6.07, 6.45) is -2.75. The van der Waals surface area contributed by atoms with Crippen molar-refractivity contribution in [1.82, 2.24) is 15.0 Å². The van der Waals surface area contributed by atoms with Crippen LogP contribution in [0.4, 0.5) is 24.7 Å². The predicted octanol–water partition coefficient (Wildman–Crippen LogP) is 3.30. The van der Waals surface area contributed by atoms with Gasteiger partial charge in [0.25, 0.3) is 0 Å². The van der Waals surface area contributed by atoms with Crippen molar-refractivity contribution in [3.63, 3.8) is 0 Å². The smallest absolute Gasteiger partial charge is 0.383 e. The van der Waals surface area contributed by atoms with Crippen LogP contribution < -0.4 is 10.6 Å². The molecule has 2 N–H and O–H groups in total. The second-order valence-corrected chi connectivity index (χ2v) is 5.24. The van der Waals surface area contributed by atoms with Gasteiger partial charge in [-0.15, -0.1) is 11.3 Å². The summed E-state index contributed by atoms with van der Waals surface area (Å²) in [6.45, 7) is 0.382. The van der Waals surface area contributed by atoms with Gasteiger partial charge in [0, 0.05) is 25.4 Å². The summed E-state index contributed by atoms with van der Waals surface area (Å²) in [7, 11) is 1.67. The first-order valence-corrected chi connectivity index (χ1v) is 7.11. The first-order valence-electron chi connectivity index (χ1n) is 5.85. The third kappa shape index (κ3) is 3.94. The van der Waals surface area contributed by atoms with Crippen molar-refractivity contribution in [2.75, 3.05) is 24.2 Å². The number of halogens is 4. The largest absolute Gasteiger partial charge is 0.434 e. The van der Waals surface area contributed by atoms with E-state index in [-0.39, 0.29) is 5.15 Å². The summed E-state index contributed by atoms with van der Waals surface area (Å²) in [5.41, 5.74) is -0.321. The van der Waals surface area contributed by atoms with Crippen molar-refractivity contribution in [2.45, 2.75) is 12.6 Å². The van der Waals surface area contributed by atoms with E-state index in [1.165, 1.54) is 6.33 Å². The summed E-state index contributed by atoms with van der Waals surface area (Å²) in [5.74, 6) is 0.491. The average molecular weight is 338 g/mol. The molecule has 0 fully saturated rings. The molecule has 0 aliphatic carbocycles. The van der Waals surface area contributed by atoms with Crippen LogP contribution >= 0.6 is 22.9 Å². The number of hydrogen-bond acceptors (Lipinski definition) is 6. The summed E-state index contributed by atoms with van der Waals surface area (Å²) in [4.78, 5) is 11.4. The molecule has 0 bridgehead atoms. The van der Waals surface area contributed by atoms with E-state index in [4.69, 9.17) is 11.6 Å². The van der Waals surface area contributed by atoms with Gasteiger partial charge in [0.1, 0.15) is 12.0 Å². The molecule has 0 saturated heterocycles. The fraction of sp³-hybridized carbons (Fsp3) is 0.364. The maximum Gasteiger partial charge on any atom is 0.434 e. The monoisotopic (exact) mass is 337 g/mol. The van der Waals surface area contributed by atoms with Crippen LogP contribution in [0.25, 0.3) is 0 Å². The van der Waals surface area contributed by atoms with E-state index < -0.39 is 11.9 Å². The van der Waals surface area contributed by atoms with E-state index in [1.807, 2.05) is 0 Å². The van der Waals surface area contributed by atoms with Gasteiger partial charge in [-0.3, -0.25) is 0 Å². The molecule has 0 spiro atoms. The van der Waals surface area contributed by atoms with Crippen LogP contribution in [0, 0.1) is 0 Å². The Morgan fingerprint density at radius 1 is 1.33 bits per heavy atom. The molecule has 0 amide bonds. The van der Waals surface area contributed by atoms with Gasteiger partial charge < -0.3 is 10.6 Å². The molecule has 2 heterocycles. The topological polar surface area (TPSA) is 62.7 Å². The Kier molecular flexibility index (Phi) is 4.84. The second-order valence-electron chi connectivity index (χ2n) is 3.94. The van der Waals surface area contributed by atoms with Crippen LogP contribution in [0.2, 0.25) is 5.15 Å². The Bertz CT molecular complexity index is 616. The molecule has 2 rings (SSSR count). The molecule has 114 valence electrons. The summed E-state index contributed by atoms with van der Waals surface area (Å²) >= 11 is 6.87. The minimum absolute atomic E-state index is 0.267. The van der Waals surface area contributed by atoms with Crippen LogP contribution in [0.1, 0.15) is 10.7 Å². The minimum Gasteiger partial charge on any atom is -0.383 e. The molecular weight excluding hydrogens is 327 g/mol. The standard InChI is InChI=1S/C11H11ClF3N5S/c1-16-8-9(12)18-5-19-10(8)17-3-2-7-20-6(4-21-7)11(13,14)15/h4-5,16H,2-3H2,1H3,(H,17,18,19). The van der Waals surface area contributed by atoms with E-state index in [2.05, 4.69) is 25.6 Å². The maximum absolute atomic E-state index is 12.4. The summed E-state index contributed by atoms with van der Waals surface area (Å²) in [6, 6.07) is 0. The highest BCUT2D eigenvalue weighted by Crippen LogP contribution is 2.30. The minimum atomic E-state index is -4.40. The molecule has 0 aliphatic heterocycles. The number of thiazole rings is 1. The van der Waals surface area contributed by atoms with E-state index in [1.54, 1.807) is 7.05 Å². The van der Waals surface area contributed by atoms with Crippen molar-refractivity contribution in [2.24, 2.45) is 0 Å². The number of rotatable bonds is 5. The quantitative estimate of drug-likeness (QED) is 0.820.